The summed E-state index contributed by atoms with van der Waals surface area (Å²) in [5, 5.41) is 11.2. The number of hydrogen-bond acceptors (Lipinski definition) is 4. The summed E-state index contributed by atoms with van der Waals surface area (Å²) in [5.74, 6) is -0.0964. The third kappa shape index (κ3) is 3.65. The van der Waals surface area contributed by atoms with E-state index in [1.807, 2.05) is 19.1 Å². The van der Waals surface area contributed by atoms with Crippen LogP contribution in [0.3, 0.4) is 0 Å². The van der Waals surface area contributed by atoms with Gasteiger partial charge >= 0.3 is 0 Å². The van der Waals surface area contributed by atoms with Gasteiger partial charge in [-0.1, -0.05) is 23.9 Å². The van der Waals surface area contributed by atoms with E-state index < -0.39 is 0 Å². The topological polar surface area (TPSA) is 63.5 Å². The van der Waals surface area contributed by atoms with Crippen LogP contribution in [0.5, 0.6) is 0 Å². The molecule has 0 spiro atoms. The summed E-state index contributed by atoms with van der Waals surface area (Å²) in [6.45, 7) is 1.82. The number of hydrogen-bond donors (Lipinski definition) is 0. The van der Waals surface area contributed by atoms with Crippen LogP contribution in [0.2, 0.25) is 0 Å². The van der Waals surface area contributed by atoms with Crippen LogP contribution in [0.1, 0.15) is 15.9 Å². The first-order chi connectivity index (χ1) is 10.4. The molecule has 0 N–H and O–H groups in total. The Labute approximate surface area is 133 Å². The van der Waals surface area contributed by atoms with Crippen molar-refractivity contribution in [3.63, 3.8) is 0 Å². The Morgan fingerprint density at radius 2 is 1.91 bits per heavy atom. The molecule has 0 saturated carbocycles. The van der Waals surface area contributed by atoms with Gasteiger partial charge in [0.2, 0.25) is 0 Å². The molecule has 0 bridgehead atoms. The zero-order chi connectivity index (χ0) is 16.3. The third-order valence-electron chi connectivity index (χ3n) is 3.03. The average Bonchev–Trinajstić information content (AvgIpc) is 2.48. The summed E-state index contributed by atoms with van der Waals surface area (Å²) in [7, 11) is 3.37. The highest BCUT2D eigenvalue weighted by atomic mass is 32.2. The first kappa shape index (κ1) is 16.0. The van der Waals surface area contributed by atoms with E-state index in [-0.39, 0.29) is 16.5 Å². The molecule has 0 aliphatic heterocycles. The van der Waals surface area contributed by atoms with Crippen LogP contribution in [0.15, 0.2) is 52.3 Å². The van der Waals surface area contributed by atoms with Crippen molar-refractivity contribution in [2.45, 2.75) is 16.7 Å². The van der Waals surface area contributed by atoms with Gasteiger partial charge in [-0.05, 0) is 36.8 Å². The minimum absolute atomic E-state index is 0.0781. The molecule has 22 heavy (non-hydrogen) atoms. The Hall–Kier alpha value is -2.34. The quantitative estimate of drug-likeness (QED) is 0.636. The van der Waals surface area contributed by atoms with Gasteiger partial charge in [0.05, 0.1) is 9.82 Å². The van der Waals surface area contributed by atoms with E-state index in [0.29, 0.717) is 10.5 Å². The normalized spacial score (nSPS) is 10.3. The maximum atomic E-state index is 12.0. The molecule has 2 rings (SSSR count). The SMILES string of the molecule is Cc1ccc(Sc2cccc(C(=O)N(C)C)c2)c([N+](=O)[O-])c1. The second-order valence-electron chi connectivity index (χ2n) is 5.06. The van der Waals surface area contributed by atoms with E-state index in [1.54, 1.807) is 44.4 Å². The molecule has 0 atom stereocenters. The van der Waals surface area contributed by atoms with E-state index in [0.717, 1.165) is 10.5 Å². The fourth-order valence-electron chi connectivity index (χ4n) is 1.93. The smallest absolute Gasteiger partial charge is 0.283 e. The molecule has 0 fully saturated rings. The number of nitro groups is 1. The number of amides is 1. The summed E-state index contributed by atoms with van der Waals surface area (Å²) in [4.78, 5) is 25.6. The van der Waals surface area contributed by atoms with Crippen LogP contribution in [-0.4, -0.2) is 29.8 Å². The van der Waals surface area contributed by atoms with Crippen LogP contribution in [0.4, 0.5) is 5.69 Å². The van der Waals surface area contributed by atoms with E-state index in [9.17, 15) is 14.9 Å². The second kappa shape index (κ2) is 6.62. The molecule has 2 aromatic rings. The summed E-state index contributed by atoms with van der Waals surface area (Å²) < 4.78 is 0. The number of rotatable bonds is 4. The minimum Gasteiger partial charge on any atom is -0.345 e. The van der Waals surface area contributed by atoms with E-state index in [2.05, 4.69) is 0 Å². The van der Waals surface area contributed by atoms with Gasteiger partial charge in [0.25, 0.3) is 11.6 Å². The van der Waals surface area contributed by atoms with Crippen molar-refractivity contribution in [2.24, 2.45) is 0 Å². The van der Waals surface area contributed by atoms with Gasteiger partial charge in [-0.3, -0.25) is 14.9 Å². The number of carbonyl (C=O) groups excluding carboxylic acids is 1. The summed E-state index contributed by atoms with van der Waals surface area (Å²) in [5.41, 5.74) is 1.48. The van der Waals surface area contributed by atoms with Crippen LogP contribution >= 0.6 is 11.8 Å². The Kier molecular flexibility index (Phi) is 4.82. The molecule has 0 radical (unpaired) electrons. The summed E-state index contributed by atoms with van der Waals surface area (Å²) in [6, 6.07) is 12.2. The molecule has 0 unspecified atom stereocenters. The monoisotopic (exact) mass is 316 g/mol. The number of nitro benzene ring substituents is 1. The first-order valence-corrected chi connectivity index (χ1v) is 7.45. The number of nitrogens with zero attached hydrogens (tertiary/aromatic N) is 2. The lowest BCUT2D eigenvalue weighted by Gasteiger charge is -2.11. The van der Waals surface area contributed by atoms with Gasteiger partial charge in [-0.15, -0.1) is 0 Å². The highest BCUT2D eigenvalue weighted by Crippen LogP contribution is 2.35. The van der Waals surface area contributed by atoms with E-state index >= 15 is 0 Å². The van der Waals surface area contributed by atoms with Crippen molar-refractivity contribution < 1.29 is 9.72 Å². The molecule has 114 valence electrons. The molecule has 0 saturated heterocycles. The molecule has 0 aliphatic carbocycles. The molecule has 0 aromatic heterocycles. The van der Waals surface area contributed by atoms with Crippen LogP contribution < -0.4 is 0 Å². The van der Waals surface area contributed by atoms with Crippen molar-refractivity contribution in [2.75, 3.05) is 14.1 Å². The fraction of sp³-hybridized carbons (Fsp3) is 0.188. The Morgan fingerprint density at radius 1 is 1.18 bits per heavy atom. The lowest BCUT2D eigenvalue weighted by molar-refractivity contribution is -0.387. The van der Waals surface area contributed by atoms with Crippen molar-refractivity contribution in [3.8, 4) is 0 Å². The van der Waals surface area contributed by atoms with Crippen molar-refractivity contribution >= 4 is 23.4 Å². The maximum Gasteiger partial charge on any atom is 0.283 e. The first-order valence-electron chi connectivity index (χ1n) is 6.63. The van der Waals surface area contributed by atoms with Gasteiger partial charge in [0.15, 0.2) is 0 Å². The zero-order valence-electron chi connectivity index (χ0n) is 12.6. The summed E-state index contributed by atoms with van der Waals surface area (Å²) >= 11 is 1.28. The van der Waals surface area contributed by atoms with Gasteiger partial charge in [-0.2, -0.15) is 0 Å². The largest absolute Gasteiger partial charge is 0.345 e. The molecule has 2 aromatic carbocycles. The Morgan fingerprint density at radius 3 is 2.55 bits per heavy atom. The molecule has 6 heteroatoms. The van der Waals surface area contributed by atoms with Crippen molar-refractivity contribution in [3.05, 3.63) is 63.7 Å². The summed E-state index contributed by atoms with van der Waals surface area (Å²) in [6.07, 6.45) is 0. The number of benzene rings is 2. The predicted octanol–water partition coefficient (Wildman–Crippen LogP) is 3.76. The number of aryl methyl sites for hydroxylation is 1. The lowest BCUT2D eigenvalue weighted by atomic mass is 10.2. The van der Waals surface area contributed by atoms with Crippen molar-refractivity contribution in [1.29, 1.82) is 0 Å². The second-order valence-corrected chi connectivity index (χ2v) is 6.17. The maximum absolute atomic E-state index is 12.0. The van der Waals surface area contributed by atoms with Crippen LogP contribution in [0, 0.1) is 17.0 Å². The molecule has 1 amide bonds. The minimum atomic E-state index is -0.385. The lowest BCUT2D eigenvalue weighted by Crippen LogP contribution is -2.21. The van der Waals surface area contributed by atoms with E-state index in [1.165, 1.54) is 16.7 Å². The van der Waals surface area contributed by atoms with Gasteiger partial charge in [0, 0.05) is 30.6 Å². The fourth-order valence-corrected chi connectivity index (χ4v) is 2.89. The average molecular weight is 316 g/mol. The van der Waals surface area contributed by atoms with Crippen molar-refractivity contribution in [1.82, 2.24) is 4.90 Å². The van der Waals surface area contributed by atoms with E-state index in [4.69, 9.17) is 0 Å². The Bertz CT molecular complexity index is 729. The van der Waals surface area contributed by atoms with Gasteiger partial charge in [0.1, 0.15) is 0 Å². The Balaban J connectivity index is 2.34. The molecule has 0 heterocycles. The third-order valence-corrected chi connectivity index (χ3v) is 4.08. The highest BCUT2D eigenvalue weighted by Gasteiger charge is 2.16. The van der Waals surface area contributed by atoms with Gasteiger partial charge < -0.3 is 4.90 Å². The van der Waals surface area contributed by atoms with Gasteiger partial charge in [-0.25, -0.2) is 0 Å². The predicted molar refractivity (Wildman–Crippen MR) is 86.4 cm³/mol. The highest BCUT2D eigenvalue weighted by molar-refractivity contribution is 7.99. The van der Waals surface area contributed by atoms with Crippen LogP contribution in [-0.2, 0) is 0 Å². The molecular formula is C16H16N2O3S. The molecular weight excluding hydrogens is 300 g/mol. The van der Waals surface area contributed by atoms with Crippen LogP contribution in [0.25, 0.3) is 0 Å². The zero-order valence-corrected chi connectivity index (χ0v) is 13.4. The number of carbonyl (C=O) groups is 1. The standard InChI is InChI=1S/C16H16N2O3S/c1-11-7-8-15(14(9-11)18(20)21)22-13-6-4-5-12(10-13)16(19)17(2)3/h4-10H,1-3H3. The molecule has 5 nitrogen and oxygen atoms in total. The molecule has 0 aliphatic rings.